The van der Waals surface area contributed by atoms with Gasteiger partial charge in [-0.25, -0.2) is 4.98 Å². The van der Waals surface area contributed by atoms with Crippen LogP contribution in [-0.2, 0) is 6.18 Å². The molecule has 2 aliphatic heterocycles. The lowest BCUT2D eigenvalue weighted by Crippen LogP contribution is -2.59. The molecule has 0 aromatic carbocycles. The number of carbonyl (C=O) groups excluding carboxylic acids is 1. The lowest BCUT2D eigenvalue weighted by molar-refractivity contribution is -0.137. The fraction of sp³-hybridized carbons (Fsp3) is 0.360. The van der Waals surface area contributed by atoms with E-state index in [0.717, 1.165) is 37.1 Å². The first-order chi connectivity index (χ1) is 16.3. The van der Waals surface area contributed by atoms with Crippen LogP contribution in [0.1, 0.15) is 40.7 Å². The lowest BCUT2D eigenvalue weighted by Gasteiger charge is -2.49. The molecule has 2 bridgehead atoms. The lowest BCUT2D eigenvalue weighted by atomic mass is 9.77. The molecule has 3 aliphatic rings. The fourth-order valence-electron chi connectivity index (χ4n) is 4.92. The van der Waals surface area contributed by atoms with Crippen molar-refractivity contribution >= 4 is 5.91 Å². The number of carbonyl (C=O) groups is 1. The van der Waals surface area contributed by atoms with Crippen molar-refractivity contribution in [2.24, 2.45) is 5.92 Å². The monoisotopic (exact) mass is 468 g/mol. The maximum atomic E-state index is 13.7. The second-order valence-electron chi connectivity index (χ2n) is 8.81. The second-order valence-corrected chi connectivity index (χ2v) is 8.81. The number of alkyl halides is 3. The number of nitrogens with zero attached hydrogens (tertiary/aromatic N) is 4. The average molecular weight is 468 g/mol. The third-order valence-corrected chi connectivity index (χ3v) is 6.59. The van der Waals surface area contributed by atoms with Gasteiger partial charge >= 0.3 is 6.18 Å². The molecule has 9 heteroatoms. The third kappa shape index (κ3) is 4.22. The summed E-state index contributed by atoms with van der Waals surface area (Å²) in [6, 6.07) is 9.26. The highest BCUT2D eigenvalue weighted by Crippen LogP contribution is 2.39. The predicted octanol–water partition coefficient (Wildman–Crippen LogP) is 4.94. The molecule has 0 unspecified atom stereocenters. The standard InChI is InChI=1S/C25H23F3N4O2/c1-15-4-2-10-29-22(15)23-18(5-3-11-30-23)24(33)32-14-16-6-8-19(32)20(12-16)34-21-9-7-17(13-31-21)25(26,27)28/h2-5,7,9-11,13,16,19-20H,6,8,12,14H2,1H3/t16-,19-,20+/m0/s1. The first kappa shape index (κ1) is 22.3. The van der Waals surface area contributed by atoms with Gasteiger partial charge in [0.25, 0.3) is 5.91 Å². The smallest absolute Gasteiger partial charge is 0.417 e. The first-order valence-corrected chi connectivity index (χ1v) is 11.2. The molecule has 2 saturated heterocycles. The number of fused-ring (bicyclic) bond motifs is 3. The number of aromatic nitrogens is 3. The van der Waals surface area contributed by atoms with E-state index in [-0.39, 0.29) is 29.9 Å². The fourth-order valence-corrected chi connectivity index (χ4v) is 4.92. The van der Waals surface area contributed by atoms with E-state index in [1.807, 2.05) is 24.0 Å². The zero-order valence-corrected chi connectivity index (χ0v) is 18.5. The molecule has 3 atom stereocenters. The Kier molecular flexibility index (Phi) is 5.71. The van der Waals surface area contributed by atoms with Crippen LogP contribution in [0.5, 0.6) is 5.88 Å². The van der Waals surface area contributed by atoms with Crippen LogP contribution in [-0.4, -0.2) is 44.4 Å². The number of ether oxygens (including phenoxy) is 1. The van der Waals surface area contributed by atoms with Gasteiger partial charge in [0.05, 0.1) is 22.9 Å². The van der Waals surface area contributed by atoms with Crippen molar-refractivity contribution < 1.29 is 22.7 Å². The summed E-state index contributed by atoms with van der Waals surface area (Å²) in [5.74, 6) is 0.241. The quantitative estimate of drug-likeness (QED) is 0.543. The minimum Gasteiger partial charge on any atom is -0.472 e. The van der Waals surface area contributed by atoms with Gasteiger partial charge in [-0.05, 0) is 61.9 Å². The molecule has 3 aromatic rings. The van der Waals surface area contributed by atoms with Crippen molar-refractivity contribution in [1.82, 2.24) is 19.9 Å². The van der Waals surface area contributed by atoms with Crippen LogP contribution in [0, 0.1) is 12.8 Å². The second kappa shape index (κ2) is 8.70. The number of piperidine rings is 2. The largest absolute Gasteiger partial charge is 0.472 e. The minimum absolute atomic E-state index is 0.129. The van der Waals surface area contributed by atoms with Gasteiger partial charge < -0.3 is 9.64 Å². The van der Waals surface area contributed by atoms with Crippen LogP contribution in [0.2, 0.25) is 0 Å². The summed E-state index contributed by atoms with van der Waals surface area (Å²) in [5.41, 5.74) is 1.77. The van der Waals surface area contributed by atoms with E-state index in [1.54, 1.807) is 24.5 Å². The molecule has 34 heavy (non-hydrogen) atoms. The highest BCUT2D eigenvalue weighted by Gasteiger charge is 2.45. The molecule has 0 N–H and O–H groups in total. The summed E-state index contributed by atoms with van der Waals surface area (Å²) in [6.45, 7) is 2.54. The maximum Gasteiger partial charge on any atom is 0.417 e. The van der Waals surface area contributed by atoms with Crippen LogP contribution in [0.25, 0.3) is 11.4 Å². The molecule has 1 saturated carbocycles. The molecule has 6 nitrogen and oxygen atoms in total. The first-order valence-electron chi connectivity index (χ1n) is 11.2. The van der Waals surface area contributed by atoms with E-state index >= 15 is 0 Å². The predicted molar refractivity (Wildman–Crippen MR) is 118 cm³/mol. The van der Waals surface area contributed by atoms with Gasteiger partial charge in [-0.2, -0.15) is 13.2 Å². The highest BCUT2D eigenvalue weighted by molar-refractivity contribution is 6.00. The number of aryl methyl sites for hydroxylation is 1. The van der Waals surface area contributed by atoms with Gasteiger partial charge in [0.2, 0.25) is 5.88 Å². The Balaban J connectivity index is 1.40. The molecule has 0 radical (unpaired) electrons. The number of amides is 1. The Morgan fingerprint density at radius 3 is 2.47 bits per heavy atom. The molecule has 6 rings (SSSR count). The van der Waals surface area contributed by atoms with Crippen molar-refractivity contribution in [3.63, 3.8) is 0 Å². The van der Waals surface area contributed by atoms with E-state index in [4.69, 9.17) is 4.74 Å². The van der Waals surface area contributed by atoms with E-state index < -0.39 is 11.7 Å². The summed E-state index contributed by atoms with van der Waals surface area (Å²) in [4.78, 5) is 28.3. The average Bonchev–Trinajstić information content (AvgIpc) is 2.84. The zero-order chi connectivity index (χ0) is 23.9. The topological polar surface area (TPSA) is 68.2 Å². The summed E-state index contributed by atoms with van der Waals surface area (Å²) in [6.07, 6.45) is 1.78. The van der Waals surface area contributed by atoms with Gasteiger partial charge in [-0.15, -0.1) is 0 Å². The van der Waals surface area contributed by atoms with Crippen LogP contribution in [0.15, 0.2) is 55.0 Å². The van der Waals surface area contributed by atoms with Crippen molar-refractivity contribution in [3.8, 4) is 17.3 Å². The summed E-state index contributed by atoms with van der Waals surface area (Å²) in [5, 5.41) is 0. The summed E-state index contributed by atoms with van der Waals surface area (Å²) in [7, 11) is 0. The molecular weight excluding hydrogens is 445 g/mol. The van der Waals surface area contributed by atoms with Crippen LogP contribution >= 0.6 is 0 Å². The van der Waals surface area contributed by atoms with Crippen molar-refractivity contribution in [3.05, 3.63) is 71.7 Å². The number of pyridine rings is 3. The van der Waals surface area contributed by atoms with Gasteiger partial charge in [-0.3, -0.25) is 14.8 Å². The van der Waals surface area contributed by atoms with Crippen LogP contribution in [0.4, 0.5) is 13.2 Å². The van der Waals surface area contributed by atoms with Gasteiger partial charge in [0.1, 0.15) is 11.8 Å². The number of rotatable bonds is 4. The minimum atomic E-state index is -4.45. The highest BCUT2D eigenvalue weighted by atomic mass is 19.4. The number of hydrogen-bond acceptors (Lipinski definition) is 5. The Labute approximate surface area is 194 Å². The van der Waals surface area contributed by atoms with Crippen molar-refractivity contribution in [1.29, 1.82) is 0 Å². The molecule has 5 heterocycles. The molecular formula is C25H23F3N4O2. The van der Waals surface area contributed by atoms with Crippen molar-refractivity contribution in [2.45, 2.75) is 44.5 Å². The maximum absolute atomic E-state index is 13.7. The Bertz CT molecular complexity index is 1200. The molecule has 0 spiro atoms. The van der Waals surface area contributed by atoms with E-state index in [2.05, 4.69) is 15.0 Å². The van der Waals surface area contributed by atoms with Crippen LogP contribution < -0.4 is 4.74 Å². The Hall–Kier alpha value is -3.49. The van der Waals surface area contributed by atoms with Crippen LogP contribution in [0.3, 0.4) is 0 Å². The molecule has 1 amide bonds. The van der Waals surface area contributed by atoms with E-state index in [9.17, 15) is 18.0 Å². The molecule has 1 aliphatic carbocycles. The van der Waals surface area contributed by atoms with Gasteiger partial charge in [0, 0.05) is 31.2 Å². The Morgan fingerprint density at radius 1 is 1.03 bits per heavy atom. The number of halogens is 3. The normalized spacial score (nSPS) is 22.0. The summed E-state index contributed by atoms with van der Waals surface area (Å²) >= 11 is 0. The zero-order valence-electron chi connectivity index (χ0n) is 18.5. The van der Waals surface area contributed by atoms with Gasteiger partial charge in [0.15, 0.2) is 0 Å². The SMILES string of the molecule is Cc1cccnc1-c1ncccc1C(=O)N1C[C@H]2CC[C@H]1[C@H](Oc1ccc(C(F)(F)F)cn1)C2. The third-order valence-electron chi connectivity index (χ3n) is 6.59. The van der Waals surface area contributed by atoms with Gasteiger partial charge in [-0.1, -0.05) is 6.07 Å². The van der Waals surface area contributed by atoms with E-state index in [1.165, 1.54) is 6.07 Å². The summed E-state index contributed by atoms with van der Waals surface area (Å²) < 4.78 is 44.5. The molecule has 3 fully saturated rings. The number of hydrogen-bond donors (Lipinski definition) is 0. The van der Waals surface area contributed by atoms with E-state index in [0.29, 0.717) is 23.5 Å². The van der Waals surface area contributed by atoms with Crippen molar-refractivity contribution in [2.75, 3.05) is 6.54 Å². The Morgan fingerprint density at radius 2 is 1.79 bits per heavy atom. The molecule has 3 aromatic heterocycles. The molecule has 176 valence electrons.